The van der Waals surface area contributed by atoms with Gasteiger partial charge in [-0.05, 0) is 44.4 Å². The number of nitrogens with zero attached hydrogens (tertiary/aromatic N) is 3. The number of aromatic nitrogens is 3. The Hall–Kier alpha value is -2.08. The molecule has 118 valence electrons. The van der Waals surface area contributed by atoms with E-state index < -0.39 is 0 Å². The number of nitrogens with one attached hydrogen (secondary N) is 1. The predicted octanol–water partition coefficient (Wildman–Crippen LogP) is 1.27. The highest BCUT2D eigenvalue weighted by Crippen LogP contribution is 2.23. The van der Waals surface area contributed by atoms with Gasteiger partial charge >= 0.3 is 5.69 Å². The van der Waals surface area contributed by atoms with Gasteiger partial charge in [-0.3, -0.25) is 14.1 Å². The van der Waals surface area contributed by atoms with Crippen LogP contribution in [0.25, 0.3) is 0 Å². The summed E-state index contributed by atoms with van der Waals surface area (Å²) in [5, 5.41) is 13.4. The van der Waals surface area contributed by atoms with Crippen LogP contribution < -0.4 is 11.0 Å². The van der Waals surface area contributed by atoms with E-state index in [0.717, 1.165) is 56.7 Å². The molecule has 6 nitrogen and oxygen atoms in total. The topological polar surface area (TPSA) is 72.1 Å². The number of aromatic hydroxyl groups is 1. The zero-order valence-electron chi connectivity index (χ0n) is 12.7. The number of imidazole rings is 1. The molecule has 0 amide bonds. The van der Waals surface area contributed by atoms with Gasteiger partial charge in [0, 0.05) is 25.8 Å². The lowest BCUT2D eigenvalue weighted by Crippen LogP contribution is -2.24. The fourth-order valence-electron chi connectivity index (χ4n) is 2.95. The first-order chi connectivity index (χ1) is 10.8. The lowest BCUT2D eigenvalue weighted by Gasteiger charge is -2.06. The van der Waals surface area contributed by atoms with Crippen LogP contribution in [0.5, 0.6) is 5.88 Å². The second-order valence-electron chi connectivity index (χ2n) is 5.66. The molecule has 1 aliphatic heterocycles. The number of hydrogen-bond acceptors (Lipinski definition) is 4. The second kappa shape index (κ2) is 6.79. The normalized spacial score (nSPS) is 13.5. The molecule has 0 bridgehead atoms. The van der Waals surface area contributed by atoms with Crippen molar-refractivity contribution in [1.29, 1.82) is 0 Å². The number of unbranched alkanes of at least 4 members (excludes halogenated alkanes) is 1. The number of fused-ring (bicyclic) bond motifs is 1. The summed E-state index contributed by atoms with van der Waals surface area (Å²) in [4.78, 5) is 16.4. The highest BCUT2D eigenvalue weighted by atomic mass is 16.3. The van der Waals surface area contributed by atoms with Gasteiger partial charge in [-0.15, -0.1) is 0 Å². The van der Waals surface area contributed by atoms with Crippen LogP contribution in [0.3, 0.4) is 0 Å². The maximum Gasteiger partial charge on any atom is 0.331 e. The molecule has 0 saturated heterocycles. The van der Waals surface area contributed by atoms with Crippen LogP contribution in [0.2, 0.25) is 0 Å². The molecule has 0 spiro atoms. The average Bonchev–Trinajstić information content (AvgIpc) is 3.10. The number of pyridine rings is 1. The van der Waals surface area contributed by atoms with E-state index in [0.29, 0.717) is 6.54 Å². The smallest absolute Gasteiger partial charge is 0.331 e. The molecule has 0 aliphatic carbocycles. The first-order valence-corrected chi connectivity index (χ1v) is 7.89. The summed E-state index contributed by atoms with van der Waals surface area (Å²) >= 11 is 0. The molecule has 0 fully saturated rings. The standard InChI is InChI=1S/C16H22N4O2/c21-15-14-7-5-11-19(14)16(22)20(15)10-4-3-8-17-12-13-6-1-2-9-18-13/h1-2,6,9,17,21H,3-5,7-8,10-12H2. The summed E-state index contributed by atoms with van der Waals surface area (Å²) in [5.41, 5.74) is 1.77. The Labute approximate surface area is 129 Å². The van der Waals surface area contributed by atoms with E-state index in [1.54, 1.807) is 10.8 Å². The molecular weight excluding hydrogens is 280 g/mol. The fourth-order valence-corrected chi connectivity index (χ4v) is 2.95. The third-order valence-corrected chi connectivity index (χ3v) is 4.11. The Balaban J connectivity index is 1.42. The first-order valence-electron chi connectivity index (χ1n) is 7.89. The zero-order valence-corrected chi connectivity index (χ0v) is 12.7. The molecule has 3 rings (SSSR count). The van der Waals surface area contributed by atoms with Crippen LogP contribution in [0.15, 0.2) is 29.2 Å². The van der Waals surface area contributed by atoms with Gasteiger partial charge in [0.2, 0.25) is 5.88 Å². The van der Waals surface area contributed by atoms with Crippen LogP contribution in [-0.4, -0.2) is 25.8 Å². The Morgan fingerprint density at radius 3 is 3.00 bits per heavy atom. The molecule has 0 unspecified atom stereocenters. The van der Waals surface area contributed by atoms with Crippen molar-refractivity contribution >= 4 is 0 Å². The van der Waals surface area contributed by atoms with Gasteiger partial charge in [-0.1, -0.05) is 6.07 Å². The van der Waals surface area contributed by atoms with E-state index in [2.05, 4.69) is 10.3 Å². The van der Waals surface area contributed by atoms with Crippen LogP contribution in [-0.2, 0) is 26.1 Å². The van der Waals surface area contributed by atoms with Crippen LogP contribution in [0, 0.1) is 0 Å². The minimum Gasteiger partial charge on any atom is -0.493 e. The van der Waals surface area contributed by atoms with Crippen LogP contribution >= 0.6 is 0 Å². The van der Waals surface area contributed by atoms with E-state index in [4.69, 9.17) is 0 Å². The lowest BCUT2D eigenvalue weighted by molar-refractivity contribution is 0.400. The van der Waals surface area contributed by atoms with E-state index in [-0.39, 0.29) is 11.6 Å². The van der Waals surface area contributed by atoms with Gasteiger partial charge in [0.25, 0.3) is 0 Å². The summed E-state index contributed by atoms with van der Waals surface area (Å²) in [6.07, 6.45) is 5.37. The predicted molar refractivity (Wildman–Crippen MR) is 83.9 cm³/mol. The number of rotatable bonds is 7. The molecule has 22 heavy (non-hydrogen) atoms. The van der Waals surface area contributed by atoms with E-state index >= 15 is 0 Å². The lowest BCUT2D eigenvalue weighted by atomic mass is 10.3. The van der Waals surface area contributed by atoms with Crippen molar-refractivity contribution in [2.45, 2.75) is 45.3 Å². The molecular formula is C16H22N4O2. The summed E-state index contributed by atoms with van der Waals surface area (Å²) < 4.78 is 3.21. The van der Waals surface area contributed by atoms with Crippen molar-refractivity contribution < 1.29 is 5.11 Å². The van der Waals surface area contributed by atoms with Crippen molar-refractivity contribution in [3.05, 3.63) is 46.3 Å². The van der Waals surface area contributed by atoms with E-state index in [1.165, 1.54) is 4.57 Å². The van der Waals surface area contributed by atoms with Gasteiger partial charge in [-0.2, -0.15) is 0 Å². The maximum absolute atomic E-state index is 12.1. The molecule has 0 saturated carbocycles. The van der Waals surface area contributed by atoms with Gasteiger partial charge < -0.3 is 10.4 Å². The molecule has 0 atom stereocenters. The zero-order chi connectivity index (χ0) is 15.4. The third kappa shape index (κ3) is 3.06. The van der Waals surface area contributed by atoms with Gasteiger partial charge in [0.15, 0.2) is 0 Å². The monoisotopic (exact) mass is 302 g/mol. The van der Waals surface area contributed by atoms with E-state index in [9.17, 15) is 9.90 Å². The largest absolute Gasteiger partial charge is 0.493 e. The molecule has 0 aromatic carbocycles. The maximum atomic E-state index is 12.1. The van der Waals surface area contributed by atoms with Gasteiger partial charge in [0.05, 0.1) is 11.4 Å². The molecule has 2 aromatic heterocycles. The molecule has 2 N–H and O–H groups in total. The third-order valence-electron chi connectivity index (χ3n) is 4.11. The molecule has 6 heteroatoms. The van der Waals surface area contributed by atoms with Crippen molar-refractivity contribution in [2.75, 3.05) is 6.54 Å². The van der Waals surface area contributed by atoms with E-state index in [1.807, 2.05) is 18.2 Å². The van der Waals surface area contributed by atoms with Crippen molar-refractivity contribution in [3.8, 4) is 5.88 Å². The SMILES string of the molecule is O=c1n(CCCCNCc2ccccn2)c(O)c2n1CCC2. The fraction of sp³-hybridized carbons (Fsp3) is 0.500. The van der Waals surface area contributed by atoms with Crippen molar-refractivity contribution in [3.63, 3.8) is 0 Å². The second-order valence-corrected chi connectivity index (χ2v) is 5.66. The Morgan fingerprint density at radius 2 is 2.23 bits per heavy atom. The summed E-state index contributed by atoms with van der Waals surface area (Å²) in [6.45, 7) is 2.95. The van der Waals surface area contributed by atoms with Crippen LogP contribution in [0.1, 0.15) is 30.7 Å². The minimum atomic E-state index is -0.0635. The minimum absolute atomic E-state index is 0.0635. The highest BCUT2D eigenvalue weighted by Gasteiger charge is 2.22. The van der Waals surface area contributed by atoms with Crippen LogP contribution in [0.4, 0.5) is 0 Å². The highest BCUT2D eigenvalue weighted by molar-refractivity contribution is 5.22. The number of hydrogen-bond donors (Lipinski definition) is 2. The summed E-state index contributed by atoms with van der Waals surface area (Å²) in [7, 11) is 0. The summed E-state index contributed by atoms with van der Waals surface area (Å²) in [6, 6.07) is 5.88. The summed E-state index contributed by atoms with van der Waals surface area (Å²) in [5.74, 6) is 0.170. The van der Waals surface area contributed by atoms with Crippen molar-refractivity contribution in [2.24, 2.45) is 0 Å². The van der Waals surface area contributed by atoms with Crippen molar-refractivity contribution in [1.82, 2.24) is 19.4 Å². The van der Waals surface area contributed by atoms with Gasteiger partial charge in [0.1, 0.15) is 0 Å². The molecule has 0 radical (unpaired) electrons. The van der Waals surface area contributed by atoms with Gasteiger partial charge in [-0.25, -0.2) is 4.79 Å². The quantitative estimate of drug-likeness (QED) is 0.756. The first kappa shape index (κ1) is 14.8. The Morgan fingerprint density at radius 1 is 1.32 bits per heavy atom. The molecule has 1 aliphatic rings. The Bertz CT molecular complexity index is 675. The molecule has 3 heterocycles. The average molecular weight is 302 g/mol. The Kier molecular flexibility index (Phi) is 4.58. The molecule has 2 aromatic rings.